The molecule has 7 nitrogen and oxygen atoms in total. The van der Waals surface area contributed by atoms with E-state index in [1.807, 2.05) is 13.0 Å². The zero-order chi connectivity index (χ0) is 33.7. The standard InChI is InChI=1S/C38H46O7/c1-17(2)30-32(41)28(23(8)39)34(43)38(45)35(44)31-33(42)29-26(15-36(31,9)16-37(30,38)10)24(12-14-27(29)40)11-13-25-21(6)19(4)18(3)20(5)22(25)7/h12,14,17,28,30-31,40,45H,11,13,15-16H2,1-10H3/t28?,30?,31?,36-,37-,38+/m1/s1. The van der Waals surface area contributed by atoms with Crippen LogP contribution in [-0.2, 0) is 38.4 Å². The number of ketones is 5. The molecular weight excluding hydrogens is 568 g/mol. The highest BCUT2D eigenvalue weighted by Gasteiger charge is 2.76. The predicted molar refractivity (Wildman–Crippen MR) is 170 cm³/mol. The number of aromatic hydroxyl groups is 1. The fraction of sp³-hybridized carbons (Fsp3) is 0.553. The lowest BCUT2D eigenvalue weighted by Crippen LogP contribution is -2.76. The number of hydrogen-bond acceptors (Lipinski definition) is 7. The fourth-order valence-electron chi connectivity index (χ4n) is 9.64. The van der Waals surface area contributed by atoms with Gasteiger partial charge in [0.25, 0.3) is 0 Å². The molecule has 5 rings (SSSR count). The van der Waals surface area contributed by atoms with E-state index in [-0.39, 0.29) is 30.1 Å². The molecule has 0 amide bonds. The number of fused-ring (bicyclic) bond motifs is 3. The Kier molecular flexibility index (Phi) is 7.72. The highest BCUT2D eigenvalue weighted by molar-refractivity contribution is 6.32. The smallest absolute Gasteiger partial charge is 0.190 e. The third kappa shape index (κ3) is 4.29. The molecule has 2 aromatic rings. The molecule has 2 fully saturated rings. The van der Waals surface area contributed by atoms with Crippen molar-refractivity contribution in [1.29, 1.82) is 0 Å². The number of benzene rings is 2. The highest BCUT2D eigenvalue weighted by atomic mass is 16.3. The van der Waals surface area contributed by atoms with E-state index in [2.05, 4.69) is 34.6 Å². The van der Waals surface area contributed by atoms with E-state index >= 15 is 0 Å². The topological polar surface area (TPSA) is 126 Å². The number of carbonyl (C=O) groups is 5. The van der Waals surface area contributed by atoms with Crippen molar-refractivity contribution < 1.29 is 34.2 Å². The first kappa shape index (κ1) is 32.9. The van der Waals surface area contributed by atoms with E-state index in [1.54, 1.807) is 20.8 Å². The summed E-state index contributed by atoms with van der Waals surface area (Å²) in [4.78, 5) is 69.0. The third-order valence-electron chi connectivity index (χ3n) is 12.2. The average Bonchev–Trinajstić information content (AvgIpc) is 2.93. The van der Waals surface area contributed by atoms with Crippen LogP contribution in [-0.4, -0.2) is 44.7 Å². The van der Waals surface area contributed by atoms with Crippen LogP contribution in [0.25, 0.3) is 0 Å². The normalized spacial score (nSPS) is 31.2. The molecule has 2 saturated carbocycles. The summed E-state index contributed by atoms with van der Waals surface area (Å²) in [5, 5.41) is 23.2. The summed E-state index contributed by atoms with van der Waals surface area (Å²) in [6.07, 6.45) is 1.65. The van der Waals surface area contributed by atoms with Crippen LogP contribution in [0.5, 0.6) is 5.75 Å². The Morgan fingerprint density at radius 2 is 1.44 bits per heavy atom. The van der Waals surface area contributed by atoms with Gasteiger partial charge in [-0.2, -0.15) is 0 Å². The second-order valence-electron chi connectivity index (χ2n) is 15.0. The molecule has 0 bridgehead atoms. The first-order chi connectivity index (χ1) is 20.8. The second kappa shape index (κ2) is 10.5. The van der Waals surface area contributed by atoms with Gasteiger partial charge in [-0.1, -0.05) is 33.8 Å². The van der Waals surface area contributed by atoms with Crippen LogP contribution in [0.1, 0.15) is 95.9 Å². The summed E-state index contributed by atoms with van der Waals surface area (Å²) < 4.78 is 0. The zero-order valence-corrected chi connectivity index (χ0v) is 28.2. The number of rotatable bonds is 5. The van der Waals surface area contributed by atoms with Gasteiger partial charge in [-0.15, -0.1) is 0 Å². The molecule has 7 heteroatoms. The molecule has 3 unspecified atom stereocenters. The van der Waals surface area contributed by atoms with Gasteiger partial charge in [0.15, 0.2) is 28.7 Å². The Morgan fingerprint density at radius 3 is 1.98 bits per heavy atom. The molecule has 3 aliphatic rings. The fourth-order valence-corrected chi connectivity index (χ4v) is 9.64. The summed E-state index contributed by atoms with van der Waals surface area (Å²) in [5.74, 6) is -8.74. The van der Waals surface area contributed by atoms with Gasteiger partial charge in [-0.05, 0) is 129 Å². The van der Waals surface area contributed by atoms with E-state index in [9.17, 15) is 34.2 Å². The van der Waals surface area contributed by atoms with Crippen molar-refractivity contribution >= 4 is 28.9 Å². The van der Waals surface area contributed by atoms with E-state index < -0.39 is 63.1 Å². The van der Waals surface area contributed by atoms with Gasteiger partial charge >= 0.3 is 0 Å². The van der Waals surface area contributed by atoms with Crippen LogP contribution < -0.4 is 0 Å². The largest absolute Gasteiger partial charge is 0.507 e. The molecule has 3 aliphatic carbocycles. The minimum atomic E-state index is -2.69. The maximum atomic E-state index is 14.5. The van der Waals surface area contributed by atoms with Gasteiger partial charge in [0.2, 0.25) is 0 Å². The number of aryl methyl sites for hydroxylation is 1. The minimum Gasteiger partial charge on any atom is -0.507 e. The first-order valence-electron chi connectivity index (χ1n) is 16.0. The van der Waals surface area contributed by atoms with E-state index in [1.165, 1.54) is 39.4 Å². The first-order valence-corrected chi connectivity index (χ1v) is 16.0. The molecule has 2 aromatic carbocycles. The summed E-state index contributed by atoms with van der Waals surface area (Å²) in [7, 11) is 0. The van der Waals surface area contributed by atoms with Crippen molar-refractivity contribution in [3.63, 3.8) is 0 Å². The number of carbonyl (C=O) groups excluding carboxylic acids is 5. The molecule has 0 aromatic heterocycles. The lowest BCUT2D eigenvalue weighted by Gasteiger charge is -2.61. The molecule has 0 heterocycles. The summed E-state index contributed by atoms with van der Waals surface area (Å²) >= 11 is 0. The van der Waals surface area contributed by atoms with Crippen molar-refractivity contribution in [3.05, 3.63) is 62.2 Å². The summed E-state index contributed by atoms with van der Waals surface area (Å²) in [6.45, 7) is 18.8. The molecule has 0 saturated heterocycles. The van der Waals surface area contributed by atoms with Crippen LogP contribution >= 0.6 is 0 Å². The quantitative estimate of drug-likeness (QED) is 0.431. The van der Waals surface area contributed by atoms with Crippen LogP contribution in [0.4, 0.5) is 0 Å². The van der Waals surface area contributed by atoms with E-state index in [0.717, 1.165) is 18.9 Å². The SMILES string of the molecule is CC(=O)C1C(=O)C(C(C)C)[C@@]2(C)C[C@@]3(C)Cc4c(CCc5c(C)c(C)c(C)c(C)c5C)ccc(O)c4C(=O)C3C(=O)[C@@]2(O)C1=O. The zero-order valence-electron chi connectivity index (χ0n) is 28.2. The molecule has 0 radical (unpaired) electrons. The van der Waals surface area contributed by atoms with Gasteiger partial charge in [-0.3, -0.25) is 24.0 Å². The van der Waals surface area contributed by atoms with Gasteiger partial charge in [0, 0.05) is 11.3 Å². The van der Waals surface area contributed by atoms with Gasteiger partial charge in [0.1, 0.15) is 17.5 Å². The molecular formula is C38H46O7. The molecule has 0 aliphatic heterocycles. The van der Waals surface area contributed by atoms with Gasteiger partial charge in [-0.25, -0.2) is 0 Å². The van der Waals surface area contributed by atoms with Crippen LogP contribution in [0.15, 0.2) is 12.1 Å². The lowest BCUT2D eigenvalue weighted by atomic mass is 9.40. The van der Waals surface area contributed by atoms with Crippen LogP contribution in [0, 0.1) is 69.1 Å². The highest BCUT2D eigenvalue weighted by Crippen LogP contribution is 2.63. The Hall–Kier alpha value is -3.45. The number of phenolic OH excluding ortho intramolecular Hbond substituents is 1. The number of Topliss-reactive ketones (excluding diaryl/α,β-unsaturated/α-hetero) is 5. The maximum Gasteiger partial charge on any atom is 0.190 e. The Labute approximate surface area is 265 Å². The van der Waals surface area contributed by atoms with Crippen LogP contribution in [0.2, 0.25) is 0 Å². The van der Waals surface area contributed by atoms with Gasteiger partial charge < -0.3 is 10.2 Å². The average molecular weight is 615 g/mol. The minimum absolute atomic E-state index is 0.0483. The van der Waals surface area contributed by atoms with Crippen molar-refractivity contribution in [2.75, 3.05) is 0 Å². The molecule has 45 heavy (non-hydrogen) atoms. The Balaban J connectivity index is 1.64. The van der Waals surface area contributed by atoms with Crippen molar-refractivity contribution in [1.82, 2.24) is 0 Å². The predicted octanol–water partition coefficient (Wildman–Crippen LogP) is 5.42. The van der Waals surface area contributed by atoms with E-state index in [4.69, 9.17) is 0 Å². The summed E-state index contributed by atoms with van der Waals surface area (Å²) in [5.41, 5.74) is 3.93. The third-order valence-corrected chi connectivity index (χ3v) is 12.2. The molecule has 6 atom stereocenters. The number of aliphatic hydroxyl groups is 1. The lowest BCUT2D eigenvalue weighted by molar-refractivity contribution is -0.205. The van der Waals surface area contributed by atoms with Crippen molar-refractivity contribution in [2.24, 2.45) is 34.5 Å². The monoisotopic (exact) mass is 614 g/mol. The van der Waals surface area contributed by atoms with Crippen molar-refractivity contribution in [2.45, 2.75) is 101 Å². The number of hydrogen-bond donors (Lipinski definition) is 2. The Bertz CT molecular complexity index is 1680. The maximum absolute atomic E-state index is 14.5. The second-order valence-corrected chi connectivity index (χ2v) is 15.0. The molecule has 2 N–H and O–H groups in total. The van der Waals surface area contributed by atoms with Crippen LogP contribution in [0.3, 0.4) is 0 Å². The van der Waals surface area contributed by atoms with Gasteiger partial charge in [0.05, 0.1) is 11.5 Å². The molecule has 0 spiro atoms. The number of phenols is 1. The van der Waals surface area contributed by atoms with Crippen molar-refractivity contribution in [3.8, 4) is 5.75 Å². The molecule has 240 valence electrons. The Morgan fingerprint density at radius 1 is 0.889 bits per heavy atom. The van der Waals surface area contributed by atoms with E-state index in [0.29, 0.717) is 12.0 Å². The summed E-state index contributed by atoms with van der Waals surface area (Å²) in [6, 6.07) is 3.33.